The number of anilines is 1. The maximum atomic E-state index is 12.2. The van der Waals surface area contributed by atoms with Gasteiger partial charge in [-0.3, -0.25) is 4.98 Å². The highest BCUT2D eigenvalue weighted by Gasteiger charge is 2.48. The summed E-state index contributed by atoms with van der Waals surface area (Å²) in [6.45, 7) is 5.86. The topological polar surface area (TPSA) is 101 Å². The Balaban J connectivity index is 1.10. The SMILES string of the molecule is CCOC(=O)c1ccc2cncc(N3CCC(OCCO[C@@H]4CO[C@H]5[C@H]4OC[C@H]5OC)CC3)c2n1. The molecule has 190 valence electrons. The van der Waals surface area contributed by atoms with Crippen LogP contribution in [0.5, 0.6) is 0 Å². The molecular weight excluding hydrogens is 454 g/mol. The van der Waals surface area contributed by atoms with Gasteiger partial charge in [-0.2, -0.15) is 0 Å². The van der Waals surface area contributed by atoms with E-state index in [0.717, 1.165) is 42.5 Å². The third-order valence-corrected chi connectivity index (χ3v) is 6.88. The van der Waals surface area contributed by atoms with Crippen LogP contribution in [0.2, 0.25) is 0 Å². The molecule has 0 radical (unpaired) electrons. The third-order valence-electron chi connectivity index (χ3n) is 6.88. The number of fused-ring (bicyclic) bond motifs is 2. The molecule has 3 fully saturated rings. The van der Waals surface area contributed by atoms with E-state index >= 15 is 0 Å². The number of nitrogens with zero attached hydrogens (tertiary/aromatic N) is 3. The first kappa shape index (κ1) is 24.3. The lowest BCUT2D eigenvalue weighted by molar-refractivity contribution is -0.0670. The molecule has 2 aromatic heterocycles. The van der Waals surface area contributed by atoms with Crippen LogP contribution in [0.15, 0.2) is 24.5 Å². The average molecular weight is 488 g/mol. The van der Waals surface area contributed by atoms with Crippen molar-refractivity contribution >= 4 is 22.6 Å². The van der Waals surface area contributed by atoms with Crippen LogP contribution in [0.3, 0.4) is 0 Å². The number of piperidine rings is 1. The average Bonchev–Trinajstić information content (AvgIpc) is 3.49. The number of rotatable bonds is 9. The quantitative estimate of drug-likeness (QED) is 0.385. The van der Waals surface area contributed by atoms with Crippen molar-refractivity contribution in [2.24, 2.45) is 0 Å². The molecule has 0 unspecified atom stereocenters. The summed E-state index contributed by atoms with van der Waals surface area (Å²) < 4.78 is 34.2. The predicted octanol–water partition coefficient (Wildman–Crippen LogP) is 1.99. The van der Waals surface area contributed by atoms with Crippen molar-refractivity contribution in [1.29, 1.82) is 0 Å². The maximum absolute atomic E-state index is 12.2. The second kappa shape index (κ2) is 11.1. The van der Waals surface area contributed by atoms with E-state index < -0.39 is 5.97 Å². The summed E-state index contributed by atoms with van der Waals surface area (Å²) >= 11 is 0. The van der Waals surface area contributed by atoms with Crippen LogP contribution in [-0.2, 0) is 28.4 Å². The third kappa shape index (κ3) is 5.26. The van der Waals surface area contributed by atoms with Crippen molar-refractivity contribution in [2.75, 3.05) is 58.1 Å². The van der Waals surface area contributed by atoms with Crippen LogP contribution >= 0.6 is 0 Å². The minimum Gasteiger partial charge on any atom is -0.461 e. The minimum atomic E-state index is -0.413. The van der Waals surface area contributed by atoms with Crippen molar-refractivity contribution in [2.45, 2.75) is 50.3 Å². The van der Waals surface area contributed by atoms with Gasteiger partial charge in [-0.05, 0) is 31.9 Å². The molecule has 0 spiro atoms. The van der Waals surface area contributed by atoms with Crippen molar-refractivity contribution in [3.05, 3.63) is 30.2 Å². The van der Waals surface area contributed by atoms with Gasteiger partial charge in [-0.25, -0.2) is 9.78 Å². The number of hydrogen-bond acceptors (Lipinski definition) is 10. The number of hydrogen-bond donors (Lipinski definition) is 0. The zero-order valence-electron chi connectivity index (χ0n) is 20.3. The fourth-order valence-electron chi connectivity index (χ4n) is 5.03. The monoisotopic (exact) mass is 487 g/mol. The molecule has 0 aromatic carbocycles. The first-order chi connectivity index (χ1) is 17.2. The van der Waals surface area contributed by atoms with Gasteiger partial charge in [0.15, 0.2) is 0 Å². The lowest BCUT2D eigenvalue weighted by atomic mass is 10.1. The number of carbonyl (C=O) groups excluding carboxylic acids is 1. The molecule has 0 amide bonds. The Kier molecular flexibility index (Phi) is 7.74. The summed E-state index contributed by atoms with van der Waals surface area (Å²) in [4.78, 5) is 23.4. The molecular formula is C25H33N3O7. The van der Waals surface area contributed by atoms with Crippen LogP contribution in [-0.4, -0.2) is 99.7 Å². The van der Waals surface area contributed by atoms with E-state index in [2.05, 4.69) is 14.9 Å². The largest absolute Gasteiger partial charge is 0.461 e. The fourth-order valence-corrected chi connectivity index (χ4v) is 5.03. The summed E-state index contributed by atoms with van der Waals surface area (Å²) in [5.74, 6) is -0.413. The summed E-state index contributed by atoms with van der Waals surface area (Å²) in [6, 6.07) is 3.55. The van der Waals surface area contributed by atoms with Crippen LogP contribution in [0.25, 0.3) is 10.9 Å². The Morgan fingerprint density at radius 3 is 2.57 bits per heavy atom. The van der Waals surface area contributed by atoms with Crippen LogP contribution < -0.4 is 4.90 Å². The van der Waals surface area contributed by atoms with E-state index in [0.29, 0.717) is 38.7 Å². The lowest BCUT2D eigenvalue weighted by Gasteiger charge is -2.33. The first-order valence-electron chi connectivity index (χ1n) is 12.3. The number of carbonyl (C=O) groups is 1. The van der Waals surface area contributed by atoms with Gasteiger partial charge in [-0.15, -0.1) is 0 Å². The van der Waals surface area contributed by atoms with Gasteiger partial charge >= 0.3 is 5.97 Å². The van der Waals surface area contributed by atoms with E-state index in [1.54, 1.807) is 26.3 Å². The van der Waals surface area contributed by atoms with Crippen LogP contribution in [0.4, 0.5) is 5.69 Å². The zero-order chi connectivity index (χ0) is 24.2. The van der Waals surface area contributed by atoms with Gasteiger partial charge in [0.2, 0.25) is 0 Å². The lowest BCUT2D eigenvalue weighted by Crippen LogP contribution is -2.38. The Hall–Kier alpha value is -2.37. The maximum Gasteiger partial charge on any atom is 0.356 e. The van der Waals surface area contributed by atoms with Gasteiger partial charge in [0.1, 0.15) is 30.1 Å². The van der Waals surface area contributed by atoms with Gasteiger partial charge in [0.25, 0.3) is 0 Å². The zero-order valence-corrected chi connectivity index (χ0v) is 20.3. The normalized spacial score (nSPS) is 26.9. The second-order valence-corrected chi connectivity index (χ2v) is 8.98. The highest BCUT2D eigenvalue weighted by atomic mass is 16.6. The van der Waals surface area contributed by atoms with Gasteiger partial charge in [0.05, 0.1) is 56.5 Å². The van der Waals surface area contributed by atoms with E-state index in [1.165, 1.54) is 0 Å². The van der Waals surface area contributed by atoms with Crippen molar-refractivity contribution in [3.63, 3.8) is 0 Å². The van der Waals surface area contributed by atoms with Crippen LogP contribution in [0, 0.1) is 0 Å². The van der Waals surface area contributed by atoms with Gasteiger partial charge < -0.3 is 33.3 Å². The Morgan fingerprint density at radius 2 is 1.80 bits per heavy atom. The van der Waals surface area contributed by atoms with Crippen LogP contribution in [0.1, 0.15) is 30.3 Å². The molecule has 3 aliphatic heterocycles. The van der Waals surface area contributed by atoms with E-state index in [9.17, 15) is 4.79 Å². The first-order valence-corrected chi connectivity index (χ1v) is 12.3. The molecule has 3 aliphatic rings. The summed E-state index contributed by atoms with van der Waals surface area (Å²) in [6.07, 6.45) is 5.35. The molecule has 0 N–H and O–H groups in total. The molecule has 10 nitrogen and oxygen atoms in total. The Morgan fingerprint density at radius 1 is 1.06 bits per heavy atom. The highest BCUT2D eigenvalue weighted by molar-refractivity contribution is 5.95. The Labute approximate surface area is 204 Å². The number of methoxy groups -OCH3 is 1. The van der Waals surface area contributed by atoms with Gasteiger partial charge in [0, 0.05) is 31.8 Å². The fraction of sp³-hybridized carbons (Fsp3) is 0.640. The molecule has 0 saturated carbocycles. The van der Waals surface area contributed by atoms with Crippen molar-refractivity contribution in [3.8, 4) is 0 Å². The molecule has 5 heterocycles. The molecule has 3 saturated heterocycles. The molecule has 4 atom stereocenters. The number of ether oxygens (including phenoxy) is 6. The minimum absolute atomic E-state index is 0.0149. The smallest absolute Gasteiger partial charge is 0.356 e. The molecule has 2 aromatic rings. The van der Waals surface area contributed by atoms with Crippen molar-refractivity contribution in [1.82, 2.24) is 9.97 Å². The predicted molar refractivity (Wildman–Crippen MR) is 127 cm³/mol. The Bertz CT molecular complexity index is 1010. The van der Waals surface area contributed by atoms with E-state index in [-0.39, 0.29) is 30.5 Å². The number of pyridine rings is 2. The van der Waals surface area contributed by atoms with E-state index in [1.807, 2.05) is 12.3 Å². The highest BCUT2D eigenvalue weighted by Crippen LogP contribution is 2.30. The number of esters is 1. The number of aromatic nitrogens is 2. The van der Waals surface area contributed by atoms with Gasteiger partial charge in [-0.1, -0.05) is 0 Å². The summed E-state index contributed by atoms with van der Waals surface area (Å²) in [5.41, 5.74) is 2.00. The molecule has 5 rings (SSSR count). The molecule has 10 heteroatoms. The molecule has 0 bridgehead atoms. The standard InChI is InChI=1S/C25H33N3O7/c1-3-31-25(29)18-5-4-16-12-26-13-19(22(16)27-18)28-8-6-17(7-9-28)32-10-11-33-21-15-35-23-20(30-2)14-34-24(21)23/h4-5,12-13,17,20-21,23-24H,3,6-11,14-15H2,1-2H3/t20-,21-,23-,24+/m1/s1. The summed E-state index contributed by atoms with van der Waals surface area (Å²) in [5, 5.41) is 0.896. The summed E-state index contributed by atoms with van der Waals surface area (Å²) in [7, 11) is 1.68. The molecule has 35 heavy (non-hydrogen) atoms. The van der Waals surface area contributed by atoms with E-state index in [4.69, 9.17) is 28.4 Å². The molecule has 0 aliphatic carbocycles. The second-order valence-electron chi connectivity index (χ2n) is 8.98. The van der Waals surface area contributed by atoms with Crippen molar-refractivity contribution < 1.29 is 33.2 Å².